The second kappa shape index (κ2) is 8.70. The second-order valence-corrected chi connectivity index (χ2v) is 11.3. The lowest BCUT2D eigenvalue weighted by Crippen LogP contribution is -2.71. The first-order valence-corrected chi connectivity index (χ1v) is 13.2. The van der Waals surface area contributed by atoms with Crippen LogP contribution in [0.3, 0.4) is 0 Å². The lowest BCUT2D eigenvalue weighted by Gasteiger charge is -2.61. The molecule has 3 atom stereocenters. The number of phenols is 1. The van der Waals surface area contributed by atoms with Crippen molar-refractivity contribution in [1.29, 1.82) is 0 Å². The number of aromatic nitrogens is 1. The van der Waals surface area contributed by atoms with Crippen LogP contribution in [0.25, 0.3) is 0 Å². The fraction of sp³-hybridized carbons (Fsp3) is 0.571. The number of pyridine rings is 1. The summed E-state index contributed by atoms with van der Waals surface area (Å²) >= 11 is 0. The lowest BCUT2D eigenvalue weighted by atomic mass is 9.52. The smallest absolute Gasteiger partial charge is 0.433 e. The van der Waals surface area contributed by atoms with Crippen LogP contribution in [0, 0.1) is 5.92 Å². The van der Waals surface area contributed by atoms with Gasteiger partial charge in [-0.05, 0) is 86.4 Å². The van der Waals surface area contributed by atoms with E-state index in [9.17, 15) is 28.2 Å². The Morgan fingerprint density at radius 1 is 1.08 bits per heavy atom. The van der Waals surface area contributed by atoms with Gasteiger partial charge in [-0.2, -0.15) is 13.2 Å². The molecule has 198 valence electrons. The van der Waals surface area contributed by atoms with Gasteiger partial charge in [0.1, 0.15) is 11.4 Å². The number of alkyl halides is 3. The Bertz CT molecular complexity index is 1220. The van der Waals surface area contributed by atoms with E-state index in [1.54, 1.807) is 17.0 Å². The van der Waals surface area contributed by atoms with Gasteiger partial charge in [0.2, 0.25) is 5.91 Å². The molecule has 2 aliphatic carbocycles. The molecule has 1 aromatic carbocycles. The van der Waals surface area contributed by atoms with Gasteiger partial charge >= 0.3 is 6.18 Å². The fourth-order valence-electron chi connectivity index (χ4n) is 7.12. The van der Waals surface area contributed by atoms with Crippen molar-refractivity contribution in [3.05, 3.63) is 58.9 Å². The van der Waals surface area contributed by atoms with Crippen LogP contribution in [0.1, 0.15) is 54.6 Å². The normalized spacial score (nSPS) is 29.8. The van der Waals surface area contributed by atoms with E-state index in [-0.39, 0.29) is 29.8 Å². The Labute approximate surface area is 214 Å². The van der Waals surface area contributed by atoms with Gasteiger partial charge in [-0.15, -0.1) is 0 Å². The van der Waals surface area contributed by atoms with E-state index in [1.807, 2.05) is 6.07 Å². The molecule has 6 nitrogen and oxygen atoms in total. The Hall–Kier alpha value is -2.65. The molecule has 1 saturated carbocycles. The van der Waals surface area contributed by atoms with Crippen LogP contribution < -0.4 is 0 Å². The van der Waals surface area contributed by atoms with Gasteiger partial charge in [-0.3, -0.25) is 9.69 Å². The van der Waals surface area contributed by atoms with Crippen LogP contribution in [0.4, 0.5) is 13.2 Å². The fourth-order valence-corrected chi connectivity index (χ4v) is 7.12. The van der Waals surface area contributed by atoms with Crippen molar-refractivity contribution in [1.82, 2.24) is 14.8 Å². The summed E-state index contributed by atoms with van der Waals surface area (Å²) in [5, 5.41) is 22.8. The van der Waals surface area contributed by atoms with E-state index >= 15 is 0 Å². The molecule has 9 heteroatoms. The summed E-state index contributed by atoms with van der Waals surface area (Å²) in [6, 6.07) is 9.01. The standard InChI is InChI=1S/C28H32F3N3O3/c29-28(30,31)23-3-1-2-20(32-23)15-25(36)33-11-8-26-9-12-34(17-18-4-5-18)24(27(26,37)10-13-33)14-19-6-7-21(35)16-22(19)26/h1-3,6-7,16,18,24,35,37H,4-5,8-15,17H2/t24?,26-,27+/m0/s1. The molecule has 1 unspecified atom stereocenters. The molecule has 2 aliphatic heterocycles. The zero-order valence-electron chi connectivity index (χ0n) is 20.7. The number of phenolic OH excluding ortho intramolecular Hbond substituents is 1. The van der Waals surface area contributed by atoms with E-state index < -0.39 is 22.9 Å². The highest BCUT2D eigenvalue weighted by molar-refractivity contribution is 5.78. The molecule has 4 aliphatic rings. The number of rotatable bonds is 4. The van der Waals surface area contributed by atoms with Crippen LogP contribution in [-0.2, 0) is 29.2 Å². The molecule has 2 bridgehead atoms. The van der Waals surface area contributed by atoms with Crippen molar-refractivity contribution >= 4 is 5.91 Å². The van der Waals surface area contributed by atoms with E-state index in [0.717, 1.165) is 36.7 Å². The van der Waals surface area contributed by atoms with E-state index in [2.05, 4.69) is 9.88 Å². The van der Waals surface area contributed by atoms with Crippen molar-refractivity contribution in [3.8, 4) is 5.75 Å². The molecule has 37 heavy (non-hydrogen) atoms. The summed E-state index contributed by atoms with van der Waals surface area (Å²) in [4.78, 5) is 21.1. The van der Waals surface area contributed by atoms with Gasteiger partial charge in [0.05, 0.1) is 17.7 Å². The van der Waals surface area contributed by atoms with E-state index in [4.69, 9.17) is 0 Å². The molecule has 0 radical (unpaired) electrons. The molecule has 2 N–H and O–H groups in total. The summed E-state index contributed by atoms with van der Waals surface area (Å²) in [5.41, 5.74) is -0.457. The molecular weight excluding hydrogens is 483 g/mol. The molecule has 6 rings (SSSR count). The number of hydrogen-bond donors (Lipinski definition) is 2. The topological polar surface area (TPSA) is 76.9 Å². The number of amides is 1. The predicted molar refractivity (Wildman–Crippen MR) is 130 cm³/mol. The van der Waals surface area contributed by atoms with Gasteiger partial charge in [-0.25, -0.2) is 4.98 Å². The van der Waals surface area contributed by atoms with E-state index in [1.165, 1.54) is 25.0 Å². The maximum atomic E-state index is 13.3. The second-order valence-electron chi connectivity index (χ2n) is 11.3. The van der Waals surface area contributed by atoms with Crippen LogP contribution in [0.15, 0.2) is 36.4 Å². The van der Waals surface area contributed by atoms with E-state index in [0.29, 0.717) is 38.3 Å². The number of likely N-dealkylation sites (tertiary alicyclic amines) is 2. The number of aromatic hydroxyl groups is 1. The highest BCUT2D eigenvalue weighted by atomic mass is 19.4. The minimum Gasteiger partial charge on any atom is -0.508 e. The highest BCUT2D eigenvalue weighted by Gasteiger charge is 2.63. The Balaban J connectivity index is 1.29. The van der Waals surface area contributed by atoms with Crippen molar-refractivity contribution in [2.45, 2.75) is 68.2 Å². The maximum absolute atomic E-state index is 13.3. The van der Waals surface area contributed by atoms with Crippen LogP contribution >= 0.6 is 0 Å². The number of nitrogens with zero attached hydrogens (tertiary/aromatic N) is 3. The quantitative estimate of drug-likeness (QED) is 0.650. The zero-order chi connectivity index (χ0) is 26.0. The number of carbonyl (C=O) groups excluding carboxylic acids is 1. The minimum atomic E-state index is -4.57. The average Bonchev–Trinajstić information content (AvgIpc) is 3.67. The SMILES string of the molecule is O=C(Cc1cccc(C(F)(F)F)n1)N1CC[C@]23CCN(CC4CC4)C(Cc4ccc(O)cc42)[C@]3(O)CC1. The largest absolute Gasteiger partial charge is 0.508 e. The molecular formula is C28H32F3N3O3. The van der Waals surface area contributed by atoms with Gasteiger partial charge in [0.15, 0.2) is 0 Å². The number of halogens is 3. The Kier molecular flexibility index (Phi) is 5.80. The van der Waals surface area contributed by atoms with Gasteiger partial charge in [0, 0.05) is 31.1 Å². The van der Waals surface area contributed by atoms with Crippen molar-refractivity contribution < 1.29 is 28.2 Å². The third kappa shape index (κ3) is 4.20. The van der Waals surface area contributed by atoms with Crippen LogP contribution in [0.5, 0.6) is 5.75 Å². The third-order valence-electron chi connectivity index (χ3n) is 9.21. The number of hydrogen-bond acceptors (Lipinski definition) is 5. The van der Waals surface area contributed by atoms with Crippen molar-refractivity contribution in [2.24, 2.45) is 5.92 Å². The minimum absolute atomic E-state index is 0.0703. The summed E-state index contributed by atoms with van der Waals surface area (Å²) in [6.07, 6.45) is 0.0208. The summed E-state index contributed by atoms with van der Waals surface area (Å²) < 4.78 is 39.3. The molecule has 2 saturated heterocycles. The first-order valence-electron chi connectivity index (χ1n) is 13.2. The highest BCUT2D eigenvalue weighted by Crippen LogP contribution is 2.56. The number of carbonyl (C=O) groups is 1. The average molecular weight is 516 g/mol. The maximum Gasteiger partial charge on any atom is 0.433 e. The lowest BCUT2D eigenvalue weighted by molar-refractivity contribution is -0.149. The first kappa shape index (κ1) is 24.7. The molecule has 1 aromatic heterocycles. The Morgan fingerprint density at radius 3 is 2.59 bits per heavy atom. The summed E-state index contributed by atoms with van der Waals surface area (Å²) in [7, 11) is 0. The van der Waals surface area contributed by atoms with Crippen LogP contribution in [-0.4, -0.2) is 68.7 Å². The molecule has 2 aromatic rings. The van der Waals surface area contributed by atoms with Gasteiger partial charge < -0.3 is 15.1 Å². The zero-order valence-corrected chi connectivity index (χ0v) is 20.7. The monoisotopic (exact) mass is 515 g/mol. The number of piperidine rings is 1. The summed E-state index contributed by atoms with van der Waals surface area (Å²) in [5.74, 6) is 0.564. The Morgan fingerprint density at radius 2 is 1.84 bits per heavy atom. The molecule has 1 amide bonds. The molecule has 3 heterocycles. The number of benzene rings is 1. The van der Waals surface area contributed by atoms with Crippen LogP contribution in [0.2, 0.25) is 0 Å². The van der Waals surface area contributed by atoms with Gasteiger partial charge in [-0.1, -0.05) is 12.1 Å². The molecule has 0 spiro atoms. The summed E-state index contributed by atoms with van der Waals surface area (Å²) in [6.45, 7) is 2.56. The van der Waals surface area contributed by atoms with Gasteiger partial charge in [0.25, 0.3) is 0 Å². The predicted octanol–water partition coefficient (Wildman–Crippen LogP) is 3.68. The number of aliphatic hydroxyl groups is 1. The first-order chi connectivity index (χ1) is 17.6. The molecule has 3 fully saturated rings. The van der Waals surface area contributed by atoms with Crippen molar-refractivity contribution in [2.75, 3.05) is 26.2 Å². The number of fused-ring (bicyclic) bond motifs is 1. The third-order valence-corrected chi connectivity index (χ3v) is 9.21. The van der Waals surface area contributed by atoms with Crippen molar-refractivity contribution in [3.63, 3.8) is 0 Å².